The van der Waals surface area contributed by atoms with Gasteiger partial charge in [-0.2, -0.15) is 0 Å². The van der Waals surface area contributed by atoms with Gasteiger partial charge in [0.05, 0.1) is 17.6 Å². The van der Waals surface area contributed by atoms with Gasteiger partial charge >= 0.3 is 0 Å². The Labute approximate surface area is 130 Å². The SMILES string of the molecule is CNc1ncnc2c1c(C(N)=O)cn2[C@@H]1O[C@H](CO)C(O)[C@@H]1O. The second-order valence-electron chi connectivity index (χ2n) is 5.21. The number of carbonyl (C=O) groups excluding carboxylic acids is 1. The summed E-state index contributed by atoms with van der Waals surface area (Å²) in [5.41, 5.74) is 5.87. The van der Waals surface area contributed by atoms with E-state index in [9.17, 15) is 20.1 Å². The van der Waals surface area contributed by atoms with Crippen molar-refractivity contribution in [1.82, 2.24) is 14.5 Å². The van der Waals surface area contributed by atoms with Gasteiger partial charge in [0.25, 0.3) is 5.91 Å². The molecule has 0 radical (unpaired) electrons. The summed E-state index contributed by atoms with van der Waals surface area (Å²) < 4.78 is 6.88. The average Bonchev–Trinajstić information content (AvgIpc) is 3.06. The van der Waals surface area contributed by atoms with Crippen LogP contribution in [0.3, 0.4) is 0 Å². The summed E-state index contributed by atoms with van der Waals surface area (Å²) in [6.45, 7) is -0.451. The molecule has 6 N–H and O–H groups in total. The highest BCUT2D eigenvalue weighted by Crippen LogP contribution is 2.34. The number of primary amides is 1. The highest BCUT2D eigenvalue weighted by molar-refractivity contribution is 6.09. The van der Waals surface area contributed by atoms with E-state index in [1.165, 1.54) is 17.1 Å². The fourth-order valence-electron chi connectivity index (χ4n) is 2.77. The molecule has 23 heavy (non-hydrogen) atoms. The summed E-state index contributed by atoms with van der Waals surface area (Å²) in [5.74, 6) is -0.291. The normalized spacial score (nSPS) is 27.5. The van der Waals surface area contributed by atoms with E-state index >= 15 is 0 Å². The summed E-state index contributed by atoms with van der Waals surface area (Å²) in [6, 6.07) is 0. The predicted octanol–water partition coefficient (Wildman–Crippen LogP) is -1.82. The number of aliphatic hydroxyl groups excluding tert-OH is 3. The van der Waals surface area contributed by atoms with Gasteiger partial charge in [0.2, 0.25) is 0 Å². The molecule has 0 spiro atoms. The quantitative estimate of drug-likeness (QED) is 0.440. The molecule has 2 aromatic heterocycles. The van der Waals surface area contributed by atoms with Crippen molar-refractivity contribution in [3.63, 3.8) is 0 Å². The highest BCUT2D eigenvalue weighted by atomic mass is 16.6. The van der Waals surface area contributed by atoms with E-state index in [0.717, 1.165) is 0 Å². The van der Waals surface area contributed by atoms with Crippen molar-refractivity contribution in [2.75, 3.05) is 19.0 Å². The van der Waals surface area contributed by atoms with E-state index in [4.69, 9.17) is 10.5 Å². The Morgan fingerprint density at radius 3 is 2.74 bits per heavy atom. The Bertz CT molecular complexity index is 748. The Morgan fingerprint density at radius 2 is 2.17 bits per heavy atom. The minimum atomic E-state index is -1.29. The fourth-order valence-corrected chi connectivity index (χ4v) is 2.77. The molecule has 10 heteroatoms. The molecule has 3 rings (SSSR count). The van der Waals surface area contributed by atoms with E-state index in [1.807, 2.05) is 0 Å². The lowest BCUT2D eigenvalue weighted by Gasteiger charge is -2.17. The first kappa shape index (κ1) is 15.6. The molecule has 124 valence electrons. The first-order valence-electron chi connectivity index (χ1n) is 6.95. The molecule has 2 aromatic rings. The molecule has 4 atom stereocenters. The number of aromatic nitrogens is 3. The summed E-state index contributed by atoms with van der Waals surface area (Å²) in [7, 11) is 1.64. The summed E-state index contributed by atoms with van der Waals surface area (Å²) >= 11 is 0. The molecule has 1 aliphatic heterocycles. The van der Waals surface area contributed by atoms with Crippen LogP contribution in [-0.4, -0.2) is 67.7 Å². The van der Waals surface area contributed by atoms with E-state index < -0.39 is 37.1 Å². The number of carbonyl (C=O) groups is 1. The molecule has 1 amide bonds. The topological polar surface area (TPSA) is 156 Å². The Morgan fingerprint density at radius 1 is 1.43 bits per heavy atom. The van der Waals surface area contributed by atoms with Crippen molar-refractivity contribution in [2.24, 2.45) is 5.73 Å². The Balaban J connectivity index is 2.18. The molecule has 1 saturated heterocycles. The first-order valence-corrected chi connectivity index (χ1v) is 6.95. The van der Waals surface area contributed by atoms with E-state index in [2.05, 4.69) is 15.3 Å². The molecule has 10 nitrogen and oxygen atoms in total. The van der Waals surface area contributed by atoms with Gasteiger partial charge < -0.3 is 35.7 Å². The van der Waals surface area contributed by atoms with Crippen molar-refractivity contribution in [2.45, 2.75) is 24.5 Å². The van der Waals surface area contributed by atoms with Crippen molar-refractivity contribution in [3.05, 3.63) is 18.1 Å². The van der Waals surface area contributed by atoms with E-state index in [1.54, 1.807) is 7.05 Å². The zero-order valence-electron chi connectivity index (χ0n) is 12.2. The number of hydrogen-bond acceptors (Lipinski definition) is 8. The lowest BCUT2D eigenvalue weighted by Crippen LogP contribution is -2.33. The lowest BCUT2D eigenvalue weighted by atomic mass is 10.1. The largest absolute Gasteiger partial charge is 0.394 e. The number of aliphatic hydroxyl groups is 3. The Hall–Kier alpha value is -2.27. The summed E-state index contributed by atoms with van der Waals surface area (Å²) in [4.78, 5) is 19.9. The van der Waals surface area contributed by atoms with Gasteiger partial charge in [0, 0.05) is 13.2 Å². The number of amides is 1. The van der Waals surface area contributed by atoms with E-state index in [-0.39, 0.29) is 5.56 Å². The number of rotatable bonds is 4. The zero-order chi connectivity index (χ0) is 16.7. The molecule has 3 heterocycles. The van der Waals surface area contributed by atoms with Gasteiger partial charge in [0.15, 0.2) is 6.23 Å². The number of nitrogens with one attached hydrogen (secondary N) is 1. The molecule has 0 aromatic carbocycles. The summed E-state index contributed by atoms with van der Waals surface area (Å²) in [6.07, 6.45) is -1.83. The van der Waals surface area contributed by atoms with Crippen molar-refractivity contribution in [3.8, 4) is 0 Å². The number of hydrogen-bond donors (Lipinski definition) is 5. The average molecular weight is 323 g/mol. The first-order chi connectivity index (χ1) is 11.0. The monoisotopic (exact) mass is 323 g/mol. The molecule has 1 aliphatic rings. The van der Waals surface area contributed by atoms with Crippen molar-refractivity contribution < 1.29 is 24.9 Å². The van der Waals surface area contributed by atoms with Gasteiger partial charge in [-0.15, -0.1) is 0 Å². The molecule has 0 bridgehead atoms. The second-order valence-corrected chi connectivity index (χ2v) is 5.21. The number of nitrogens with zero attached hydrogens (tertiary/aromatic N) is 3. The van der Waals surface area contributed by atoms with Crippen LogP contribution in [0.1, 0.15) is 16.6 Å². The third-order valence-corrected chi connectivity index (χ3v) is 3.90. The van der Waals surface area contributed by atoms with Crippen LogP contribution < -0.4 is 11.1 Å². The molecular formula is C13H17N5O5. The van der Waals surface area contributed by atoms with Crippen LogP contribution in [0.15, 0.2) is 12.5 Å². The lowest BCUT2D eigenvalue weighted by molar-refractivity contribution is -0.0508. The van der Waals surface area contributed by atoms with Crippen LogP contribution in [0.2, 0.25) is 0 Å². The maximum atomic E-state index is 11.7. The van der Waals surface area contributed by atoms with Crippen molar-refractivity contribution in [1.29, 1.82) is 0 Å². The Kier molecular flexibility index (Phi) is 3.90. The molecular weight excluding hydrogens is 306 g/mol. The summed E-state index contributed by atoms with van der Waals surface area (Å²) in [5, 5.41) is 32.5. The standard InChI is InChI=1S/C13H17N5O5/c1-15-11-7-5(10(14)22)2-18(12(7)17-4-16-11)13-9(21)8(20)6(3-19)23-13/h2,4,6,8-9,13,19-21H,3H2,1H3,(H2,14,22)(H,15,16,17)/t6-,8?,9+,13-/m1/s1. The highest BCUT2D eigenvalue weighted by Gasteiger charge is 2.44. The van der Waals surface area contributed by atoms with Crippen LogP contribution in [0, 0.1) is 0 Å². The maximum Gasteiger partial charge on any atom is 0.251 e. The number of anilines is 1. The molecule has 0 saturated carbocycles. The van der Waals surface area contributed by atoms with Gasteiger partial charge in [-0.05, 0) is 0 Å². The predicted molar refractivity (Wildman–Crippen MR) is 78.6 cm³/mol. The van der Waals surface area contributed by atoms with Gasteiger partial charge in [-0.1, -0.05) is 0 Å². The zero-order valence-corrected chi connectivity index (χ0v) is 12.2. The third-order valence-electron chi connectivity index (χ3n) is 3.90. The second kappa shape index (κ2) is 5.74. The van der Waals surface area contributed by atoms with Crippen LogP contribution in [-0.2, 0) is 4.74 Å². The molecule has 1 unspecified atom stereocenters. The van der Waals surface area contributed by atoms with Gasteiger partial charge in [-0.3, -0.25) is 4.79 Å². The number of ether oxygens (including phenoxy) is 1. The molecule has 0 aliphatic carbocycles. The fraction of sp³-hybridized carbons (Fsp3) is 0.462. The van der Waals surface area contributed by atoms with Gasteiger partial charge in [0.1, 0.15) is 36.1 Å². The third kappa shape index (κ3) is 2.32. The van der Waals surface area contributed by atoms with E-state index in [0.29, 0.717) is 16.9 Å². The van der Waals surface area contributed by atoms with Crippen LogP contribution in [0.4, 0.5) is 5.82 Å². The van der Waals surface area contributed by atoms with Gasteiger partial charge in [-0.25, -0.2) is 9.97 Å². The smallest absolute Gasteiger partial charge is 0.251 e. The minimum absolute atomic E-state index is 0.155. The number of fused-ring (bicyclic) bond motifs is 1. The maximum absolute atomic E-state index is 11.7. The van der Waals surface area contributed by atoms with Crippen LogP contribution in [0.25, 0.3) is 11.0 Å². The number of nitrogens with two attached hydrogens (primary N) is 1. The van der Waals surface area contributed by atoms with Crippen molar-refractivity contribution >= 4 is 22.8 Å². The van der Waals surface area contributed by atoms with Crippen LogP contribution >= 0.6 is 0 Å². The minimum Gasteiger partial charge on any atom is -0.394 e. The van der Waals surface area contributed by atoms with Crippen LogP contribution in [0.5, 0.6) is 0 Å². The molecule has 1 fully saturated rings.